The van der Waals surface area contributed by atoms with Crippen molar-refractivity contribution in [3.63, 3.8) is 0 Å². The molecule has 0 radical (unpaired) electrons. The smallest absolute Gasteiger partial charge is 0.277 e. The molecule has 1 aliphatic rings. The highest BCUT2D eigenvalue weighted by atomic mass is 32.2. The molecule has 1 aromatic heterocycles. The summed E-state index contributed by atoms with van der Waals surface area (Å²) in [5.41, 5.74) is 1.39. The minimum Gasteiger partial charge on any atom is -0.411 e. The van der Waals surface area contributed by atoms with Gasteiger partial charge in [0.25, 0.3) is 5.22 Å². The Morgan fingerprint density at radius 3 is 2.36 bits per heavy atom. The Hall–Kier alpha value is -2.93. The Morgan fingerprint density at radius 1 is 0.960 bits per heavy atom. The molecule has 0 unspecified atom stereocenters. The van der Waals surface area contributed by atoms with Crippen molar-refractivity contribution < 1.29 is 14.0 Å². The molecule has 0 saturated carbocycles. The van der Waals surface area contributed by atoms with Gasteiger partial charge in [-0.2, -0.15) is 0 Å². The van der Waals surface area contributed by atoms with E-state index in [1.807, 2.05) is 36.4 Å². The van der Waals surface area contributed by atoms with Crippen molar-refractivity contribution in [2.45, 2.75) is 16.9 Å². The number of amides is 2. The van der Waals surface area contributed by atoms with Crippen LogP contribution in [0.2, 0.25) is 0 Å². The molecular weight excluding hydrogens is 338 g/mol. The molecule has 0 N–H and O–H groups in total. The van der Waals surface area contributed by atoms with Crippen LogP contribution in [0.1, 0.15) is 6.42 Å². The fourth-order valence-electron chi connectivity index (χ4n) is 2.62. The van der Waals surface area contributed by atoms with Crippen LogP contribution in [-0.2, 0) is 9.59 Å². The predicted octanol–water partition coefficient (Wildman–Crippen LogP) is 3.16. The summed E-state index contributed by atoms with van der Waals surface area (Å²) in [6.45, 7) is 0. The Bertz CT molecular complexity index is 912. The van der Waals surface area contributed by atoms with Crippen LogP contribution in [0.4, 0.5) is 5.69 Å². The van der Waals surface area contributed by atoms with E-state index in [0.29, 0.717) is 11.6 Å². The fraction of sp³-hybridized carbons (Fsp3) is 0.111. The Morgan fingerprint density at radius 2 is 1.64 bits per heavy atom. The number of thioether (sulfide) groups is 1. The van der Waals surface area contributed by atoms with Crippen molar-refractivity contribution in [2.75, 3.05) is 4.90 Å². The second kappa shape index (κ2) is 6.52. The first kappa shape index (κ1) is 15.6. The number of anilines is 1. The maximum Gasteiger partial charge on any atom is 0.277 e. The molecule has 2 aromatic carbocycles. The third-order valence-corrected chi connectivity index (χ3v) is 4.81. The molecule has 124 valence electrons. The fourth-order valence-corrected chi connectivity index (χ4v) is 3.51. The molecule has 7 heteroatoms. The lowest BCUT2D eigenvalue weighted by Crippen LogP contribution is -2.30. The Kier molecular flexibility index (Phi) is 4.07. The first-order valence-electron chi connectivity index (χ1n) is 7.70. The third kappa shape index (κ3) is 3.06. The molecular formula is C18H13N3O3S. The SMILES string of the molecule is O=C1C[C@H](Sc2nnc(-c3ccccc3)o2)C(=O)N1c1ccccc1. The monoisotopic (exact) mass is 351 g/mol. The van der Waals surface area contributed by atoms with Gasteiger partial charge in [-0.1, -0.05) is 48.2 Å². The summed E-state index contributed by atoms with van der Waals surface area (Å²) >= 11 is 1.12. The number of carbonyl (C=O) groups is 2. The second-order valence-corrected chi connectivity index (χ2v) is 6.61. The van der Waals surface area contributed by atoms with Crippen molar-refractivity contribution in [2.24, 2.45) is 0 Å². The quantitative estimate of drug-likeness (QED) is 0.672. The summed E-state index contributed by atoms with van der Waals surface area (Å²) in [5, 5.41) is 7.70. The van der Waals surface area contributed by atoms with Gasteiger partial charge in [-0.25, -0.2) is 4.90 Å². The maximum absolute atomic E-state index is 12.6. The molecule has 1 aliphatic heterocycles. The van der Waals surface area contributed by atoms with Crippen molar-refractivity contribution in [1.29, 1.82) is 0 Å². The molecule has 25 heavy (non-hydrogen) atoms. The highest BCUT2D eigenvalue weighted by Gasteiger charge is 2.41. The lowest BCUT2D eigenvalue weighted by Gasteiger charge is -2.13. The van der Waals surface area contributed by atoms with Crippen LogP contribution in [0.5, 0.6) is 0 Å². The number of benzene rings is 2. The molecule has 1 atom stereocenters. The zero-order chi connectivity index (χ0) is 17.2. The van der Waals surface area contributed by atoms with Crippen LogP contribution < -0.4 is 4.90 Å². The molecule has 6 nitrogen and oxygen atoms in total. The average molecular weight is 351 g/mol. The minimum atomic E-state index is -0.559. The van der Waals surface area contributed by atoms with Gasteiger partial charge < -0.3 is 4.42 Å². The predicted molar refractivity (Wildman–Crippen MR) is 92.9 cm³/mol. The molecule has 0 aliphatic carbocycles. The van der Waals surface area contributed by atoms with Gasteiger partial charge in [-0.05, 0) is 24.3 Å². The zero-order valence-electron chi connectivity index (χ0n) is 13.0. The summed E-state index contributed by atoms with van der Waals surface area (Å²) in [6, 6.07) is 18.3. The summed E-state index contributed by atoms with van der Waals surface area (Å²) in [6.07, 6.45) is 0.113. The second-order valence-electron chi connectivity index (χ2n) is 5.45. The van der Waals surface area contributed by atoms with Crippen LogP contribution in [0.25, 0.3) is 11.5 Å². The van der Waals surface area contributed by atoms with E-state index in [-0.39, 0.29) is 23.5 Å². The van der Waals surface area contributed by atoms with E-state index in [1.54, 1.807) is 24.3 Å². The van der Waals surface area contributed by atoms with Gasteiger partial charge >= 0.3 is 0 Å². The topological polar surface area (TPSA) is 76.3 Å². The van der Waals surface area contributed by atoms with Crippen LogP contribution in [0.15, 0.2) is 70.3 Å². The number of rotatable bonds is 4. The summed E-state index contributed by atoms with van der Waals surface area (Å²) < 4.78 is 5.61. The number of aromatic nitrogens is 2. The number of hydrogen-bond acceptors (Lipinski definition) is 6. The van der Waals surface area contributed by atoms with Gasteiger partial charge in [0.1, 0.15) is 5.25 Å². The Balaban J connectivity index is 1.52. The number of nitrogens with zero attached hydrogens (tertiary/aromatic N) is 3. The number of carbonyl (C=O) groups excluding carboxylic acids is 2. The highest BCUT2D eigenvalue weighted by Crippen LogP contribution is 2.34. The lowest BCUT2D eigenvalue weighted by molar-refractivity contribution is -0.121. The van der Waals surface area contributed by atoms with Gasteiger partial charge in [0.15, 0.2) is 0 Å². The number of hydrogen-bond donors (Lipinski definition) is 0. The van der Waals surface area contributed by atoms with Crippen LogP contribution in [0.3, 0.4) is 0 Å². The van der Waals surface area contributed by atoms with Gasteiger partial charge in [-0.15, -0.1) is 10.2 Å². The molecule has 4 rings (SSSR count). The van der Waals surface area contributed by atoms with E-state index >= 15 is 0 Å². The minimum absolute atomic E-state index is 0.113. The lowest BCUT2D eigenvalue weighted by atomic mass is 10.2. The van der Waals surface area contributed by atoms with E-state index in [9.17, 15) is 9.59 Å². The highest BCUT2D eigenvalue weighted by molar-refractivity contribution is 8.00. The van der Waals surface area contributed by atoms with E-state index < -0.39 is 5.25 Å². The maximum atomic E-state index is 12.6. The van der Waals surface area contributed by atoms with Crippen LogP contribution in [-0.4, -0.2) is 27.3 Å². The normalized spacial score (nSPS) is 17.3. The van der Waals surface area contributed by atoms with Gasteiger partial charge in [0, 0.05) is 12.0 Å². The van der Waals surface area contributed by atoms with E-state index in [0.717, 1.165) is 17.3 Å². The number of imide groups is 1. The van der Waals surface area contributed by atoms with E-state index in [4.69, 9.17) is 4.42 Å². The third-order valence-electron chi connectivity index (χ3n) is 3.79. The molecule has 3 aromatic rings. The first-order valence-corrected chi connectivity index (χ1v) is 8.58. The summed E-state index contributed by atoms with van der Waals surface area (Å²) in [7, 11) is 0. The van der Waals surface area contributed by atoms with E-state index in [1.165, 1.54) is 4.90 Å². The summed E-state index contributed by atoms with van der Waals surface area (Å²) in [4.78, 5) is 26.0. The van der Waals surface area contributed by atoms with Crippen LogP contribution >= 0.6 is 11.8 Å². The Labute approximate surface area is 147 Å². The van der Waals surface area contributed by atoms with Crippen molar-refractivity contribution >= 4 is 29.3 Å². The van der Waals surface area contributed by atoms with Gasteiger partial charge in [0.05, 0.1) is 5.69 Å². The number of para-hydroxylation sites is 1. The average Bonchev–Trinajstić information content (AvgIpc) is 3.22. The van der Waals surface area contributed by atoms with E-state index in [2.05, 4.69) is 10.2 Å². The first-order chi connectivity index (χ1) is 12.2. The molecule has 0 bridgehead atoms. The van der Waals surface area contributed by atoms with Crippen LogP contribution in [0, 0.1) is 0 Å². The van der Waals surface area contributed by atoms with Gasteiger partial charge in [-0.3, -0.25) is 9.59 Å². The van der Waals surface area contributed by atoms with Gasteiger partial charge in [0.2, 0.25) is 17.7 Å². The van der Waals surface area contributed by atoms with Crippen molar-refractivity contribution in [1.82, 2.24) is 10.2 Å². The molecule has 0 spiro atoms. The molecule has 2 amide bonds. The molecule has 1 saturated heterocycles. The molecule has 2 heterocycles. The van der Waals surface area contributed by atoms with Crippen molar-refractivity contribution in [3.05, 3.63) is 60.7 Å². The van der Waals surface area contributed by atoms with Crippen molar-refractivity contribution in [3.8, 4) is 11.5 Å². The largest absolute Gasteiger partial charge is 0.411 e. The molecule has 1 fully saturated rings. The zero-order valence-corrected chi connectivity index (χ0v) is 13.8. The standard InChI is InChI=1S/C18H13N3O3S/c22-15-11-14(17(23)21(15)13-9-5-2-6-10-13)25-18-20-19-16(24-18)12-7-3-1-4-8-12/h1-10,14H,11H2/t14-/m0/s1. The summed E-state index contributed by atoms with van der Waals surface area (Å²) in [5.74, 6) is -0.100.